The highest BCUT2D eigenvalue weighted by molar-refractivity contribution is 5.00. The van der Waals surface area contributed by atoms with E-state index >= 15 is 0 Å². The van der Waals surface area contributed by atoms with Crippen molar-refractivity contribution in [1.29, 1.82) is 0 Å². The maximum Gasteiger partial charge on any atom is 0.0202 e. The molecular weight excluding hydrogens is 172 g/mol. The predicted octanol–water partition coefficient (Wildman–Crippen LogP) is 1.74. The van der Waals surface area contributed by atoms with Gasteiger partial charge in [0.25, 0.3) is 0 Å². The Morgan fingerprint density at radius 1 is 1.57 bits per heavy atom. The third-order valence-corrected chi connectivity index (χ3v) is 3.13. The van der Waals surface area contributed by atoms with E-state index in [0.717, 1.165) is 24.9 Å². The van der Waals surface area contributed by atoms with E-state index < -0.39 is 0 Å². The molecule has 0 aromatic heterocycles. The van der Waals surface area contributed by atoms with Gasteiger partial charge in [0.1, 0.15) is 0 Å². The van der Waals surface area contributed by atoms with Gasteiger partial charge in [-0.2, -0.15) is 0 Å². The minimum atomic E-state index is 0.831. The van der Waals surface area contributed by atoms with Crippen LogP contribution in [0, 0.1) is 11.8 Å². The summed E-state index contributed by atoms with van der Waals surface area (Å²) >= 11 is 0. The van der Waals surface area contributed by atoms with Gasteiger partial charge in [-0.15, -0.1) is 0 Å². The van der Waals surface area contributed by atoms with Crippen molar-refractivity contribution in [3.05, 3.63) is 12.2 Å². The van der Waals surface area contributed by atoms with Crippen LogP contribution in [0.15, 0.2) is 12.2 Å². The van der Waals surface area contributed by atoms with Crippen molar-refractivity contribution in [2.75, 3.05) is 33.2 Å². The van der Waals surface area contributed by atoms with E-state index in [1.165, 1.54) is 25.1 Å². The highest BCUT2D eigenvalue weighted by atomic mass is 15.1. The molecule has 0 amide bonds. The van der Waals surface area contributed by atoms with Crippen LogP contribution in [0.3, 0.4) is 0 Å². The summed E-state index contributed by atoms with van der Waals surface area (Å²) < 4.78 is 0. The van der Waals surface area contributed by atoms with Crippen LogP contribution in [0.1, 0.15) is 20.3 Å². The fourth-order valence-electron chi connectivity index (χ4n) is 2.17. The SMILES string of the molecule is C=C(CNC)CN1CCC(C(C)C)C1. The van der Waals surface area contributed by atoms with Gasteiger partial charge >= 0.3 is 0 Å². The van der Waals surface area contributed by atoms with Gasteiger partial charge in [0, 0.05) is 19.6 Å². The molecule has 0 aromatic carbocycles. The fourth-order valence-corrected chi connectivity index (χ4v) is 2.17. The zero-order valence-corrected chi connectivity index (χ0v) is 9.84. The van der Waals surface area contributed by atoms with Crippen LogP contribution in [0.4, 0.5) is 0 Å². The molecule has 1 heterocycles. The third-order valence-electron chi connectivity index (χ3n) is 3.13. The monoisotopic (exact) mass is 196 g/mol. The van der Waals surface area contributed by atoms with Gasteiger partial charge in [0.05, 0.1) is 0 Å². The summed E-state index contributed by atoms with van der Waals surface area (Å²) in [6.07, 6.45) is 1.37. The van der Waals surface area contributed by atoms with Crippen LogP contribution in [-0.2, 0) is 0 Å². The minimum absolute atomic E-state index is 0.831. The van der Waals surface area contributed by atoms with Crippen LogP contribution in [-0.4, -0.2) is 38.1 Å². The molecule has 0 bridgehead atoms. The molecule has 0 spiro atoms. The van der Waals surface area contributed by atoms with E-state index in [-0.39, 0.29) is 0 Å². The topological polar surface area (TPSA) is 15.3 Å². The molecule has 0 radical (unpaired) electrons. The van der Waals surface area contributed by atoms with Crippen LogP contribution in [0.25, 0.3) is 0 Å². The van der Waals surface area contributed by atoms with Gasteiger partial charge in [-0.1, -0.05) is 20.4 Å². The lowest BCUT2D eigenvalue weighted by Crippen LogP contribution is -2.27. The first-order valence-corrected chi connectivity index (χ1v) is 5.67. The Bertz CT molecular complexity index is 187. The van der Waals surface area contributed by atoms with Gasteiger partial charge in [-0.3, -0.25) is 4.90 Å². The molecule has 1 fully saturated rings. The van der Waals surface area contributed by atoms with E-state index in [1.54, 1.807) is 0 Å². The van der Waals surface area contributed by atoms with Gasteiger partial charge in [-0.25, -0.2) is 0 Å². The van der Waals surface area contributed by atoms with Crippen molar-refractivity contribution >= 4 is 0 Å². The van der Waals surface area contributed by atoms with E-state index in [2.05, 4.69) is 30.6 Å². The largest absolute Gasteiger partial charge is 0.316 e. The second-order valence-electron chi connectivity index (χ2n) is 4.81. The lowest BCUT2D eigenvalue weighted by molar-refractivity contribution is 0.322. The Kier molecular flexibility index (Phi) is 4.63. The first-order valence-electron chi connectivity index (χ1n) is 5.67. The van der Waals surface area contributed by atoms with E-state index in [1.807, 2.05) is 7.05 Å². The second-order valence-corrected chi connectivity index (χ2v) is 4.81. The number of likely N-dealkylation sites (tertiary alicyclic amines) is 1. The van der Waals surface area contributed by atoms with Gasteiger partial charge in [0.15, 0.2) is 0 Å². The van der Waals surface area contributed by atoms with Crippen molar-refractivity contribution in [1.82, 2.24) is 10.2 Å². The summed E-state index contributed by atoms with van der Waals surface area (Å²) in [6.45, 7) is 13.3. The molecule has 0 saturated carbocycles. The van der Waals surface area contributed by atoms with E-state index in [9.17, 15) is 0 Å². The molecule has 1 atom stereocenters. The van der Waals surface area contributed by atoms with Gasteiger partial charge in [0.2, 0.25) is 0 Å². The van der Waals surface area contributed by atoms with Gasteiger partial charge in [-0.05, 0) is 37.4 Å². The number of nitrogens with one attached hydrogen (secondary N) is 1. The van der Waals surface area contributed by atoms with Crippen LogP contribution >= 0.6 is 0 Å². The number of hydrogen-bond donors (Lipinski definition) is 1. The van der Waals surface area contributed by atoms with Crippen molar-refractivity contribution < 1.29 is 0 Å². The molecule has 1 N–H and O–H groups in total. The van der Waals surface area contributed by atoms with Crippen LogP contribution < -0.4 is 5.32 Å². The fraction of sp³-hybridized carbons (Fsp3) is 0.833. The Morgan fingerprint density at radius 2 is 2.29 bits per heavy atom. The second kappa shape index (κ2) is 5.52. The zero-order chi connectivity index (χ0) is 10.6. The number of nitrogens with zero attached hydrogens (tertiary/aromatic N) is 1. The summed E-state index contributed by atoms with van der Waals surface area (Å²) in [5, 5.41) is 3.15. The molecule has 2 heteroatoms. The molecule has 82 valence electrons. The Labute approximate surface area is 88.4 Å². The summed E-state index contributed by atoms with van der Waals surface area (Å²) in [6, 6.07) is 0. The maximum atomic E-state index is 4.07. The number of likely N-dealkylation sites (N-methyl/N-ethyl adjacent to an activating group) is 1. The summed E-state index contributed by atoms with van der Waals surface area (Å²) in [5.41, 5.74) is 1.30. The standard InChI is InChI=1S/C12H24N2/c1-10(2)12-5-6-14(9-12)8-11(3)7-13-4/h10,12-13H,3,5-9H2,1-2,4H3. The normalized spacial score (nSPS) is 23.3. The molecule has 1 rings (SSSR count). The molecule has 14 heavy (non-hydrogen) atoms. The molecule has 1 saturated heterocycles. The van der Waals surface area contributed by atoms with Gasteiger partial charge < -0.3 is 5.32 Å². The minimum Gasteiger partial charge on any atom is -0.316 e. The average molecular weight is 196 g/mol. The summed E-state index contributed by atoms with van der Waals surface area (Å²) in [4.78, 5) is 2.53. The first kappa shape index (κ1) is 11.7. The van der Waals surface area contributed by atoms with Crippen molar-refractivity contribution in [2.45, 2.75) is 20.3 Å². The van der Waals surface area contributed by atoms with E-state index in [0.29, 0.717) is 0 Å². The van der Waals surface area contributed by atoms with Crippen LogP contribution in [0.5, 0.6) is 0 Å². The van der Waals surface area contributed by atoms with Crippen molar-refractivity contribution in [2.24, 2.45) is 11.8 Å². The molecule has 1 aliphatic rings. The smallest absolute Gasteiger partial charge is 0.0202 e. The quantitative estimate of drug-likeness (QED) is 0.674. The van der Waals surface area contributed by atoms with Crippen molar-refractivity contribution in [3.8, 4) is 0 Å². The Morgan fingerprint density at radius 3 is 2.79 bits per heavy atom. The maximum absolute atomic E-state index is 4.07. The zero-order valence-electron chi connectivity index (χ0n) is 9.84. The summed E-state index contributed by atoms with van der Waals surface area (Å²) in [7, 11) is 1.98. The summed E-state index contributed by atoms with van der Waals surface area (Å²) in [5.74, 6) is 1.73. The Balaban J connectivity index is 2.25. The molecule has 2 nitrogen and oxygen atoms in total. The predicted molar refractivity (Wildman–Crippen MR) is 62.5 cm³/mol. The molecule has 0 aliphatic carbocycles. The lowest BCUT2D eigenvalue weighted by Gasteiger charge is -2.18. The number of hydrogen-bond acceptors (Lipinski definition) is 2. The molecule has 0 aromatic rings. The third kappa shape index (κ3) is 3.43. The highest BCUT2D eigenvalue weighted by Gasteiger charge is 2.24. The average Bonchev–Trinajstić information content (AvgIpc) is 2.53. The van der Waals surface area contributed by atoms with Crippen molar-refractivity contribution in [3.63, 3.8) is 0 Å². The van der Waals surface area contributed by atoms with Crippen LogP contribution in [0.2, 0.25) is 0 Å². The van der Waals surface area contributed by atoms with E-state index in [4.69, 9.17) is 0 Å². The number of rotatable bonds is 5. The molecule has 1 unspecified atom stereocenters. The highest BCUT2D eigenvalue weighted by Crippen LogP contribution is 2.23. The Hall–Kier alpha value is -0.340. The lowest BCUT2D eigenvalue weighted by atomic mass is 9.95. The first-order chi connectivity index (χ1) is 6.63. The molecule has 1 aliphatic heterocycles. The molecular formula is C12H24N2.